The van der Waals surface area contributed by atoms with Gasteiger partial charge in [-0.15, -0.1) is 0 Å². The monoisotopic (exact) mass is 268 g/mol. The molecule has 104 valence electrons. The minimum atomic E-state index is -0.175. The number of carbonyl (C=O) groups is 1. The van der Waals surface area contributed by atoms with Crippen LogP contribution in [-0.2, 0) is 6.54 Å². The molecule has 20 heavy (non-hydrogen) atoms. The number of aryl methyl sites for hydroxylation is 3. The number of urea groups is 1. The van der Waals surface area contributed by atoms with Crippen molar-refractivity contribution in [2.45, 2.75) is 27.3 Å². The lowest BCUT2D eigenvalue weighted by Crippen LogP contribution is -2.29. The number of hydrogen-bond donors (Lipinski definition) is 2. The molecule has 0 bridgehead atoms. The highest BCUT2D eigenvalue weighted by atomic mass is 16.2. The van der Waals surface area contributed by atoms with Gasteiger partial charge in [0.2, 0.25) is 0 Å². The summed E-state index contributed by atoms with van der Waals surface area (Å²) < 4.78 is 0. The molecule has 0 aliphatic rings. The molecule has 2 rings (SSSR count). The average molecular weight is 268 g/mol. The van der Waals surface area contributed by atoms with E-state index in [0.717, 1.165) is 22.4 Å². The molecule has 2 N–H and O–H groups in total. The van der Waals surface area contributed by atoms with E-state index in [1.54, 1.807) is 0 Å². The standard InChI is InChI=1S/C17H20N2O/c1-12-7-4-5-10-15(12)11-18-17(20)19-16-13(2)8-6-9-14(16)3/h4-10H,11H2,1-3H3,(H2,18,19,20). The van der Waals surface area contributed by atoms with Gasteiger partial charge in [0, 0.05) is 12.2 Å². The van der Waals surface area contributed by atoms with Crippen LogP contribution in [-0.4, -0.2) is 6.03 Å². The fourth-order valence-corrected chi connectivity index (χ4v) is 2.15. The summed E-state index contributed by atoms with van der Waals surface area (Å²) >= 11 is 0. The molecule has 0 heterocycles. The van der Waals surface area contributed by atoms with E-state index in [0.29, 0.717) is 6.54 Å². The first-order chi connectivity index (χ1) is 9.58. The van der Waals surface area contributed by atoms with Crippen molar-refractivity contribution in [2.75, 3.05) is 5.32 Å². The number of anilines is 1. The Labute approximate surface area is 120 Å². The van der Waals surface area contributed by atoms with E-state index in [1.165, 1.54) is 5.56 Å². The highest BCUT2D eigenvalue weighted by molar-refractivity contribution is 5.90. The molecule has 3 nitrogen and oxygen atoms in total. The van der Waals surface area contributed by atoms with E-state index < -0.39 is 0 Å². The second kappa shape index (κ2) is 6.24. The first-order valence-electron chi connectivity index (χ1n) is 6.73. The minimum absolute atomic E-state index is 0.175. The van der Waals surface area contributed by atoms with Crippen molar-refractivity contribution in [1.82, 2.24) is 5.32 Å². The number of hydrogen-bond acceptors (Lipinski definition) is 1. The molecular weight excluding hydrogens is 248 g/mol. The second-order valence-corrected chi connectivity index (χ2v) is 5.00. The maximum atomic E-state index is 12.0. The number of para-hydroxylation sites is 1. The third kappa shape index (κ3) is 3.38. The summed E-state index contributed by atoms with van der Waals surface area (Å²) in [7, 11) is 0. The Balaban J connectivity index is 1.98. The van der Waals surface area contributed by atoms with E-state index >= 15 is 0 Å². The summed E-state index contributed by atoms with van der Waals surface area (Å²) in [5.74, 6) is 0. The van der Waals surface area contributed by atoms with Gasteiger partial charge in [-0.1, -0.05) is 42.5 Å². The number of benzene rings is 2. The van der Waals surface area contributed by atoms with Crippen molar-refractivity contribution >= 4 is 11.7 Å². The van der Waals surface area contributed by atoms with Crippen molar-refractivity contribution in [1.29, 1.82) is 0 Å². The van der Waals surface area contributed by atoms with Crippen molar-refractivity contribution < 1.29 is 4.79 Å². The largest absolute Gasteiger partial charge is 0.334 e. The number of rotatable bonds is 3. The molecule has 0 aliphatic carbocycles. The summed E-state index contributed by atoms with van der Waals surface area (Å²) in [6.45, 7) is 6.55. The van der Waals surface area contributed by atoms with Crippen molar-refractivity contribution in [3.05, 3.63) is 64.7 Å². The van der Waals surface area contributed by atoms with Gasteiger partial charge in [-0.05, 0) is 43.0 Å². The Morgan fingerprint density at radius 2 is 1.50 bits per heavy atom. The zero-order valence-electron chi connectivity index (χ0n) is 12.2. The van der Waals surface area contributed by atoms with Crippen LogP contribution in [0.1, 0.15) is 22.3 Å². The smallest absolute Gasteiger partial charge is 0.319 e. The van der Waals surface area contributed by atoms with E-state index in [4.69, 9.17) is 0 Å². The highest BCUT2D eigenvalue weighted by Gasteiger charge is 2.07. The summed E-state index contributed by atoms with van der Waals surface area (Å²) in [4.78, 5) is 12.0. The Morgan fingerprint density at radius 3 is 2.15 bits per heavy atom. The maximum absolute atomic E-state index is 12.0. The van der Waals surface area contributed by atoms with Gasteiger partial charge >= 0.3 is 6.03 Å². The Hall–Kier alpha value is -2.29. The molecule has 3 heteroatoms. The SMILES string of the molecule is Cc1ccccc1CNC(=O)Nc1c(C)cccc1C. The lowest BCUT2D eigenvalue weighted by molar-refractivity contribution is 0.251. The lowest BCUT2D eigenvalue weighted by atomic mass is 10.1. The highest BCUT2D eigenvalue weighted by Crippen LogP contribution is 2.19. The molecule has 0 unspecified atom stereocenters. The van der Waals surface area contributed by atoms with Crippen LogP contribution in [0.5, 0.6) is 0 Å². The molecule has 0 fully saturated rings. The van der Waals surface area contributed by atoms with Crippen LogP contribution in [0.3, 0.4) is 0 Å². The van der Waals surface area contributed by atoms with Crippen LogP contribution in [0, 0.1) is 20.8 Å². The lowest BCUT2D eigenvalue weighted by Gasteiger charge is -2.13. The van der Waals surface area contributed by atoms with Crippen LogP contribution in [0.15, 0.2) is 42.5 Å². The summed E-state index contributed by atoms with van der Waals surface area (Å²) in [6, 6.07) is 13.8. The van der Waals surface area contributed by atoms with Crippen LogP contribution in [0.25, 0.3) is 0 Å². The summed E-state index contributed by atoms with van der Waals surface area (Å²) in [5.41, 5.74) is 5.32. The fourth-order valence-electron chi connectivity index (χ4n) is 2.15. The second-order valence-electron chi connectivity index (χ2n) is 5.00. The van der Waals surface area contributed by atoms with E-state index in [1.807, 2.05) is 63.2 Å². The zero-order chi connectivity index (χ0) is 14.5. The van der Waals surface area contributed by atoms with Crippen molar-refractivity contribution in [3.8, 4) is 0 Å². The molecule has 0 atom stereocenters. The van der Waals surface area contributed by atoms with Crippen molar-refractivity contribution in [3.63, 3.8) is 0 Å². The summed E-state index contributed by atoms with van der Waals surface area (Å²) in [5, 5.41) is 5.81. The normalized spacial score (nSPS) is 10.2. The van der Waals surface area contributed by atoms with E-state index in [2.05, 4.69) is 10.6 Å². The number of carbonyl (C=O) groups excluding carboxylic acids is 1. The summed E-state index contributed by atoms with van der Waals surface area (Å²) in [6.07, 6.45) is 0. The quantitative estimate of drug-likeness (QED) is 0.870. The van der Waals surface area contributed by atoms with Gasteiger partial charge < -0.3 is 10.6 Å². The first-order valence-corrected chi connectivity index (χ1v) is 6.73. The van der Waals surface area contributed by atoms with Gasteiger partial charge in [0.15, 0.2) is 0 Å². The van der Waals surface area contributed by atoms with Crippen LogP contribution < -0.4 is 10.6 Å². The fraction of sp³-hybridized carbons (Fsp3) is 0.235. The minimum Gasteiger partial charge on any atom is -0.334 e. The molecule has 2 aromatic carbocycles. The topological polar surface area (TPSA) is 41.1 Å². The third-order valence-electron chi connectivity index (χ3n) is 3.42. The van der Waals surface area contributed by atoms with Gasteiger partial charge in [0.1, 0.15) is 0 Å². The van der Waals surface area contributed by atoms with Crippen LogP contribution >= 0.6 is 0 Å². The predicted octanol–water partition coefficient (Wildman–Crippen LogP) is 3.93. The molecular formula is C17H20N2O. The average Bonchev–Trinajstić information content (AvgIpc) is 2.42. The zero-order valence-corrected chi connectivity index (χ0v) is 12.2. The van der Waals surface area contributed by atoms with E-state index in [9.17, 15) is 4.79 Å². The molecule has 0 aromatic heterocycles. The van der Waals surface area contributed by atoms with Gasteiger partial charge in [-0.2, -0.15) is 0 Å². The maximum Gasteiger partial charge on any atom is 0.319 e. The van der Waals surface area contributed by atoms with Gasteiger partial charge in [0.05, 0.1) is 0 Å². The number of amides is 2. The predicted molar refractivity (Wildman–Crippen MR) is 83.0 cm³/mol. The first kappa shape index (κ1) is 14.1. The molecule has 0 aliphatic heterocycles. The molecule has 2 amide bonds. The van der Waals surface area contributed by atoms with Gasteiger partial charge in [0.25, 0.3) is 0 Å². The molecule has 0 spiro atoms. The Bertz CT molecular complexity index is 600. The third-order valence-corrected chi connectivity index (χ3v) is 3.42. The Kier molecular flexibility index (Phi) is 4.41. The van der Waals surface area contributed by atoms with Crippen LogP contribution in [0.2, 0.25) is 0 Å². The molecule has 0 saturated heterocycles. The van der Waals surface area contributed by atoms with E-state index in [-0.39, 0.29) is 6.03 Å². The Morgan fingerprint density at radius 1 is 0.900 bits per heavy atom. The number of nitrogens with one attached hydrogen (secondary N) is 2. The molecule has 2 aromatic rings. The molecule has 0 radical (unpaired) electrons. The van der Waals surface area contributed by atoms with Gasteiger partial charge in [-0.25, -0.2) is 4.79 Å². The van der Waals surface area contributed by atoms with Gasteiger partial charge in [-0.3, -0.25) is 0 Å². The van der Waals surface area contributed by atoms with Crippen LogP contribution in [0.4, 0.5) is 10.5 Å². The van der Waals surface area contributed by atoms with Crippen molar-refractivity contribution in [2.24, 2.45) is 0 Å². The molecule has 0 saturated carbocycles.